The number of urea groups is 1. The van der Waals surface area contributed by atoms with Crippen LogP contribution in [0.2, 0.25) is 0 Å². The van der Waals surface area contributed by atoms with E-state index >= 15 is 0 Å². The number of aromatic nitrogens is 1. The number of rotatable bonds is 9. The van der Waals surface area contributed by atoms with Crippen molar-refractivity contribution in [1.82, 2.24) is 15.2 Å². The van der Waals surface area contributed by atoms with E-state index in [1.807, 2.05) is 47.4 Å². The van der Waals surface area contributed by atoms with E-state index in [0.29, 0.717) is 12.2 Å². The largest absolute Gasteiger partial charge is 0.478 e. The number of nitrogens with zero attached hydrogens (tertiary/aromatic N) is 2. The normalized spacial score (nSPS) is 15.8. The highest BCUT2D eigenvalue weighted by atomic mass is 16.4. The molecule has 1 heterocycles. The van der Waals surface area contributed by atoms with Gasteiger partial charge >= 0.3 is 12.0 Å². The molecule has 1 aliphatic rings. The predicted octanol–water partition coefficient (Wildman–Crippen LogP) is 5.48. The van der Waals surface area contributed by atoms with Gasteiger partial charge in [-0.15, -0.1) is 0 Å². The Morgan fingerprint density at radius 3 is 2.41 bits per heavy atom. The van der Waals surface area contributed by atoms with Gasteiger partial charge in [0.05, 0.1) is 18.2 Å². The van der Waals surface area contributed by atoms with Crippen molar-refractivity contribution in [2.24, 2.45) is 5.92 Å². The molecule has 0 aliphatic heterocycles. The number of fused-ring (bicyclic) bond motifs is 1. The zero-order valence-electron chi connectivity index (χ0n) is 22.6. The zero-order valence-corrected chi connectivity index (χ0v) is 22.6. The first kappa shape index (κ1) is 27.6. The lowest BCUT2D eigenvalue weighted by Gasteiger charge is -2.42. The summed E-state index contributed by atoms with van der Waals surface area (Å²) < 4.78 is 0. The molecule has 0 fully saturated rings. The van der Waals surface area contributed by atoms with Crippen LogP contribution in [0.15, 0.2) is 103 Å². The number of carbonyl (C=O) groups is 3. The number of amides is 3. The lowest BCUT2D eigenvalue weighted by atomic mass is 9.76. The number of carboxylic acids is 1. The second kappa shape index (κ2) is 12.9. The molecule has 8 nitrogen and oxygen atoms in total. The smallest absolute Gasteiger partial charge is 0.335 e. The number of benzene rings is 3. The summed E-state index contributed by atoms with van der Waals surface area (Å²) in [6.07, 6.45) is 6.13. The monoisotopic (exact) mass is 548 g/mol. The molecule has 1 aromatic heterocycles. The molecule has 41 heavy (non-hydrogen) atoms. The van der Waals surface area contributed by atoms with Crippen LogP contribution in [0.25, 0.3) is 0 Å². The molecule has 2 atom stereocenters. The third kappa shape index (κ3) is 6.97. The number of nitrogens with one attached hydrogen (secondary N) is 2. The second-order valence-electron chi connectivity index (χ2n) is 10.2. The van der Waals surface area contributed by atoms with Crippen LogP contribution in [0.4, 0.5) is 10.5 Å². The van der Waals surface area contributed by atoms with Crippen LogP contribution in [-0.4, -0.2) is 39.4 Å². The number of aryl methyl sites for hydroxylation is 1. The lowest BCUT2D eigenvalue weighted by Crippen LogP contribution is -2.46. The van der Waals surface area contributed by atoms with Gasteiger partial charge in [0.25, 0.3) is 0 Å². The van der Waals surface area contributed by atoms with Gasteiger partial charge in [-0.05, 0) is 77.8 Å². The van der Waals surface area contributed by atoms with E-state index in [2.05, 4.69) is 39.9 Å². The molecule has 8 heteroatoms. The Morgan fingerprint density at radius 2 is 1.63 bits per heavy atom. The van der Waals surface area contributed by atoms with Gasteiger partial charge in [-0.2, -0.15) is 0 Å². The van der Waals surface area contributed by atoms with Crippen LogP contribution in [0.1, 0.15) is 45.1 Å². The SMILES string of the molecule is O=C(NCC(=O)N(Cc1ccncc1)[C@@H]1c2ccccc2CC[C@H]1Cc1ccccc1)Nc1cccc(C(=O)O)c1. The van der Waals surface area contributed by atoms with Gasteiger partial charge in [0.2, 0.25) is 5.91 Å². The van der Waals surface area contributed by atoms with E-state index in [9.17, 15) is 19.5 Å². The summed E-state index contributed by atoms with van der Waals surface area (Å²) in [6.45, 7) is 0.155. The number of pyridine rings is 1. The summed E-state index contributed by atoms with van der Waals surface area (Å²) >= 11 is 0. The molecular formula is C33H32N4O4. The molecule has 5 rings (SSSR count). The van der Waals surface area contributed by atoms with Crippen molar-refractivity contribution in [2.75, 3.05) is 11.9 Å². The fraction of sp³-hybridized carbons (Fsp3) is 0.212. The summed E-state index contributed by atoms with van der Waals surface area (Å²) in [5.41, 5.74) is 4.93. The van der Waals surface area contributed by atoms with Gasteiger partial charge in [0, 0.05) is 24.6 Å². The Balaban J connectivity index is 1.40. The molecule has 3 amide bonds. The van der Waals surface area contributed by atoms with Crippen LogP contribution in [0.3, 0.4) is 0 Å². The Bertz CT molecular complexity index is 1510. The molecule has 3 N–H and O–H groups in total. The van der Waals surface area contributed by atoms with Gasteiger partial charge in [0.15, 0.2) is 0 Å². The topological polar surface area (TPSA) is 112 Å². The molecule has 208 valence electrons. The van der Waals surface area contributed by atoms with Crippen LogP contribution in [0.5, 0.6) is 0 Å². The van der Waals surface area contributed by atoms with E-state index in [-0.39, 0.29) is 30.0 Å². The van der Waals surface area contributed by atoms with E-state index in [4.69, 9.17) is 0 Å². The van der Waals surface area contributed by atoms with Crippen molar-refractivity contribution in [2.45, 2.75) is 31.8 Å². The predicted molar refractivity (Wildman–Crippen MR) is 156 cm³/mol. The number of hydrogen-bond donors (Lipinski definition) is 3. The summed E-state index contributed by atoms with van der Waals surface area (Å²) in [5, 5.41) is 14.5. The molecule has 0 bridgehead atoms. The minimum absolute atomic E-state index is 0.0582. The molecular weight excluding hydrogens is 516 g/mol. The van der Waals surface area contributed by atoms with Crippen molar-refractivity contribution < 1.29 is 19.5 Å². The summed E-state index contributed by atoms with van der Waals surface area (Å²) in [4.78, 5) is 43.9. The van der Waals surface area contributed by atoms with Crippen molar-refractivity contribution in [1.29, 1.82) is 0 Å². The number of carbonyl (C=O) groups excluding carboxylic acids is 2. The van der Waals surface area contributed by atoms with E-state index in [1.165, 1.54) is 23.3 Å². The van der Waals surface area contributed by atoms with Crippen molar-refractivity contribution in [3.8, 4) is 0 Å². The van der Waals surface area contributed by atoms with Gasteiger partial charge in [-0.25, -0.2) is 9.59 Å². The maximum Gasteiger partial charge on any atom is 0.335 e. The third-order valence-corrected chi connectivity index (χ3v) is 7.47. The maximum absolute atomic E-state index is 13.9. The van der Waals surface area contributed by atoms with Gasteiger partial charge in [-0.3, -0.25) is 9.78 Å². The van der Waals surface area contributed by atoms with Gasteiger partial charge in [0.1, 0.15) is 0 Å². The van der Waals surface area contributed by atoms with Crippen LogP contribution >= 0.6 is 0 Å². The van der Waals surface area contributed by atoms with E-state index in [0.717, 1.165) is 30.4 Å². The molecule has 4 aromatic rings. The Morgan fingerprint density at radius 1 is 0.878 bits per heavy atom. The molecule has 0 spiro atoms. The number of aromatic carboxylic acids is 1. The number of carboxylic acid groups (broad SMARTS) is 1. The van der Waals surface area contributed by atoms with Gasteiger partial charge < -0.3 is 20.6 Å². The Kier molecular flexibility index (Phi) is 8.69. The fourth-order valence-corrected chi connectivity index (χ4v) is 5.55. The quantitative estimate of drug-likeness (QED) is 0.257. The van der Waals surface area contributed by atoms with Crippen LogP contribution in [0, 0.1) is 5.92 Å². The molecule has 0 unspecified atom stereocenters. The van der Waals surface area contributed by atoms with Crippen molar-refractivity contribution >= 4 is 23.6 Å². The number of hydrogen-bond acceptors (Lipinski definition) is 4. The highest BCUT2D eigenvalue weighted by Gasteiger charge is 2.36. The van der Waals surface area contributed by atoms with Crippen LogP contribution < -0.4 is 10.6 Å². The van der Waals surface area contributed by atoms with Crippen molar-refractivity contribution in [3.05, 3.63) is 131 Å². The molecule has 0 radical (unpaired) electrons. The highest BCUT2D eigenvalue weighted by molar-refractivity contribution is 5.94. The minimum atomic E-state index is -1.09. The summed E-state index contributed by atoms with van der Waals surface area (Å²) in [7, 11) is 0. The first-order valence-electron chi connectivity index (χ1n) is 13.7. The average molecular weight is 549 g/mol. The average Bonchev–Trinajstić information content (AvgIpc) is 3.00. The summed E-state index contributed by atoms with van der Waals surface area (Å²) in [5.74, 6) is -1.12. The number of anilines is 1. The van der Waals surface area contributed by atoms with Crippen molar-refractivity contribution in [3.63, 3.8) is 0 Å². The fourth-order valence-electron chi connectivity index (χ4n) is 5.55. The summed E-state index contributed by atoms with van der Waals surface area (Å²) in [6, 6.07) is 27.6. The maximum atomic E-state index is 13.9. The molecule has 3 aromatic carbocycles. The first-order valence-corrected chi connectivity index (χ1v) is 13.7. The van der Waals surface area contributed by atoms with E-state index in [1.54, 1.807) is 24.5 Å². The standard InChI is InChI=1S/C33H32N4O4/c38-30(21-35-33(41)36-28-11-6-10-27(20-28)32(39)40)37(22-24-15-17-34-18-16-24)31-26(19-23-7-2-1-3-8-23)14-13-25-9-4-5-12-29(25)31/h1-12,15-18,20,26,31H,13-14,19,21-22H2,(H,39,40)(H2,35,36,41)/t26-,31-/m0/s1. The first-order chi connectivity index (χ1) is 20.0. The van der Waals surface area contributed by atoms with E-state index < -0.39 is 12.0 Å². The Labute approximate surface area is 239 Å². The molecule has 0 saturated heterocycles. The highest BCUT2D eigenvalue weighted by Crippen LogP contribution is 2.41. The van der Waals surface area contributed by atoms with Crippen LogP contribution in [-0.2, 0) is 24.2 Å². The third-order valence-electron chi connectivity index (χ3n) is 7.47. The lowest BCUT2D eigenvalue weighted by molar-refractivity contribution is -0.135. The second-order valence-corrected chi connectivity index (χ2v) is 10.2. The Hall–Kier alpha value is -4.98. The molecule has 0 saturated carbocycles. The van der Waals surface area contributed by atoms with Gasteiger partial charge in [-0.1, -0.05) is 60.7 Å². The zero-order chi connectivity index (χ0) is 28.6. The molecule has 1 aliphatic carbocycles. The minimum Gasteiger partial charge on any atom is -0.478 e.